The average molecular weight is 433 g/mol. The van der Waals surface area contributed by atoms with Crippen molar-refractivity contribution >= 4 is 29.9 Å². The van der Waals surface area contributed by atoms with Crippen LogP contribution in [0.1, 0.15) is 53.5 Å². The molecule has 1 unspecified atom stereocenters. The molecule has 1 aromatic carbocycles. The van der Waals surface area contributed by atoms with Crippen LogP contribution in [0.3, 0.4) is 0 Å². The Morgan fingerprint density at radius 2 is 1.83 bits per heavy atom. The van der Waals surface area contributed by atoms with Crippen molar-refractivity contribution in [3.05, 3.63) is 41.2 Å². The third-order valence-corrected chi connectivity index (χ3v) is 5.89. The molecule has 0 aliphatic carbocycles. The number of halogens is 1. The summed E-state index contributed by atoms with van der Waals surface area (Å²) in [7, 11) is 0. The summed E-state index contributed by atoms with van der Waals surface area (Å²) >= 11 is 0. The van der Waals surface area contributed by atoms with E-state index in [1.54, 1.807) is 4.90 Å². The van der Waals surface area contributed by atoms with Crippen LogP contribution in [0.4, 0.5) is 5.69 Å². The van der Waals surface area contributed by atoms with Crippen LogP contribution in [0.2, 0.25) is 0 Å². The summed E-state index contributed by atoms with van der Waals surface area (Å²) in [4.78, 5) is 27.6. The summed E-state index contributed by atoms with van der Waals surface area (Å²) in [5, 5.41) is 14.6. The highest BCUT2D eigenvalue weighted by atomic mass is 35.5. The lowest BCUT2D eigenvalue weighted by molar-refractivity contribution is -0.121. The van der Waals surface area contributed by atoms with E-state index in [0.717, 1.165) is 49.3 Å². The van der Waals surface area contributed by atoms with E-state index in [-0.39, 0.29) is 30.3 Å². The molecule has 1 aromatic heterocycles. The summed E-state index contributed by atoms with van der Waals surface area (Å²) in [5.41, 5.74) is 3.08. The number of hydrogen-bond acceptors (Lipinski definition) is 5. The Morgan fingerprint density at radius 3 is 2.53 bits per heavy atom. The fraction of sp³-hybridized carbons (Fsp3) is 0.524. The third-order valence-electron chi connectivity index (χ3n) is 5.89. The van der Waals surface area contributed by atoms with Crippen molar-refractivity contribution in [2.24, 2.45) is 0 Å². The number of nitrogens with zero attached hydrogens (tertiary/aromatic N) is 4. The summed E-state index contributed by atoms with van der Waals surface area (Å²) in [6, 6.07) is 7.61. The average Bonchev–Trinajstić information content (AvgIpc) is 3.12. The number of amides is 2. The number of benzene rings is 1. The first-order valence-corrected chi connectivity index (χ1v) is 10.4. The fourth-order valence-corrected chi connectivity index (χ4v) is 4.17. The Labute approximate surface area is 182 Å². The number of anilines is 1. The second-order valence-electron chi connectivity index (χ2n) is 7.94. The zero-order chi connectivity index (χ0) is 20.4. The molecule has 2 aliphatic heterocycles. The Balaban J connectivity index is 0.00000256. The number of hydrogen-bond donors (Lipinski definition) is 2. The summed E-state index contributed by atoms with van der Waals surface area (Å²) in [5.74, 6) is -0.399. The number of aryl methyl sites for hydroxylation is 1. The lowest BCUT2D eigenvalue weighted by Gasteiger charge is -2.32. The van der Waals surface area contributed by atoms with E-state index in [1.807, 2.05) is 42.8 Å². The van der Waals surface area contributed by atoms with Gasteiger partial charge in [-0.25, -0.2) is 4.68 Å². The molecule has 2 aromatic rings. The van der Waals surface area contributed by atoms with Crippen molar-refractivity contribution in [1.82, 2.24) is 25.6 Å². The molecule has 0 spiro atoms. The van der Waals surface area contributed by atoms with Gasteiger partial charge in [-0.15, -0.1) is 17.5 Å². The first kappa shape index (κ1) is 22.2. The minimum atomic E-state index is -0.541. The van der Waals surface area contributed by atoms with Gasteiger partial charge in [0, 0.05) is 12.2 Å². The van der Waals surface area contributed by atoms with Crippen LogP contribution in [0, 0.1) is 13.8 Å². The number of carbonyl (C=O) groups is 2. The van der Waals surface area contributed by atoms with E-state index in [0.29, 0.717) is 18.7 Å². The number of aromatic nitrogens is 3. The van der Waals surface area contributed by atoms with Gasteiger partial charge in [-0.3, -0.25) is 9.59 Å². The first-order valence-electron chi connectivity index (χ1n) is 10.4. The fourth-order valence-electron chi connectivity index (χ4n) is 4.17. The molecule has 3 heterocycles. The van der Waals surface area contributed by atoms with Crippen LogP contribution in [0.5, 0.6) is 0 Å². The van der Waals surface area contributed by atoms with Gasteiger partial charge in [0.25, 0.3) is 5.91 Å². The van der Waals surface area contributed by atoms with Gasteiger partial charge in [0.1, 0.15) is 6.04 Å². The smallest absolute Gasteiger partial charge is 0.274 e. The minimum Gasteiger partial charge on any atom is -0.339 e. The van der Waals surface area contributed by atoms with Crippen molar-refractivity contribution in [3.63, 3.8) is 0 Å². The Hall–Kier alpha value is -2.45. The van der Waals surface area contributed by atoms with E-state index in [4.69, 9.17) is 0 Å². The van der Waals surface area contributed by atoms with Gasteiger partial charge >= 0.3 is 0 Å². The lowest BCUT2D eigenvalue weighted by Crippen LogP contribution is -2.52. The van der Waals surface area contributed by atoms with E-state index < -0.39 is 6.04 Å². The molecular weight excluding hydrogens is 404 g/mol. The van der Waals surface area contributed by atoms with Crippen LogP contribution in [0.25, 0.3) is 0 Å². The van der Waals surface area contributed by atoms with Gasteiger partial charge in [0.05, 0.1) is 11.7 Å². The Bertz CT molecular complexity index is 891. The van der Waals surface area contributed by atoms with Gasteiger partial charge in [-0.1, -0.05) is 22.9 Å². The molecule has 2 aliphatic rings. The molecule has 162 valence electrons. The standard InChI is InChI=1S/C21H28N6O2.ClH/c1-14-5-7-16(8-6-14)26-13-3-4-18(21(26)29)23-20(28)19-15(2)27(25-24-19)17-9-11-22-12-10-17;/h5-8,17-18,22H,3-4,9-13H2,1-2H3,(H,23,28);1H. The van der Waals surface area contributed by atoms with Gasteiger partial charge in [-0.05, 0) is 64.8 Å². The van der Waals surface area contributed by atoms with Crippen LogP contribution in [-0.2, 0) is 4.79 Å². The lowest BCUT2D eigenvalue weighted by atomic mass is 10.0. The highest BCUT2D eigenvalue weighted by Crippen LogP contribution is 2.23. The first-order chi connectivity index (χ1) is 14.0. The Morgan fingerprint density at radius 1 is 1.13 bits per heavy atom. The molecule has 2 saturated heterocycles. The number of rotatable bonds is 4. The summed E-state index contributed by atoms with van der Waals surface area (Å²) in [6.07, 6.45) is 3.41. The van der Waals surface area contributed by atoms with E-state index >= 15 is 0 Å². The van der Waals surface area contributed by atoms with E-state index in [2.05, 4.69) is 20.9 Å². The molecular formula is C21H29ClN6O2. The predicted octanol–water partition coefficient (Wildman–Crippen LogP) is 2.17. The van der Waals surface area contributed by atoms with Gasteiger partial charge in [0.15, 0.2) is 5.69 Å². The van der Waals surface area contributed by atoms with Gasteiger partial charge < -0.3 is 15.5 Å². The highest BCUT2D eigenvalue weighted by molar-refractivity contribution is 6.02. The summed E-state index contributed by atoms with van der Waals surface area (Å²) < 4.78 is 1.86. The quantitative estimate of drug-likeness (QED) is 0.772. The topological polar surface area (TPSA) is 92.2 Å². The van der Waals surface area contributed by atoms with E-state index in [9.17, 15) is 9.59 Å². The maximum atomic E-state index is 13.0. The van der Waals surface area contributed by atoms with Crippen LogP contribution in [0.15, 0.2) is 24.3 Å². The van der Waals surface area contributed by atoms with E-state index in [1.165, 1.54) is 0 Å². The number of carbonyl (C=O) groups excluding carboxylic acids is 2. The molecule has 0 radical (unpaired) electrons. The second-order valence-corrected chi connectivity index (χ2v) is 7.94. The van der Waals surface area contributed by atoms with Gasteiger partial charge in [0.2, 0.25) is 5.91 Å². The number of nitrogens with one attached hydrogen (secondary N) is 2. The van der Waals surface area contributed by atoms with Gasteiger partial charge in [-0.2, -0.15) is 0 Å². The molecule has 0 bridgehead atoms. The molecule has 9 heteroatoms. The van der Waals surface area contributed by atoms with Crippen LogP contribution < -0.4 is 15.5 Å². The second kappa shape index (κ2) is 9.57. The SMILES string of the molecule is Cc1ccc(N2CCCC(NC(=O)c3nnn(C4CCNCC4)c3C)C2=O)cc1.Cl. The maximum absolute atomic E-state index is 13.0. The zero-order valence-corrected chi connectivity index (χ0v) is 18.2. The van der Waals surface area contributed by atoms with Crippen molar-refractivity contribution in [1.29, 1.82) is 0 Å². The zero-order valence-electron chi connectivity index (χ0n) is 17.4. The highest BCUT2D eigenvalue weighted by Gasteiger charge is 2.32. The van der Waals surface area contributed by atoms with Crippen molar-refractivity contribution < 1.29 is 9.59 Å². The van der Waals surface area contributed by atoms with Crippen molar-refractivity contribution in [2.45, 2.75) is 51.6 Å². The molecule has 8 nitrogen and oxygen atoms in total. The predicted molar refractivity (Wildman–Crippen MR) is 117 cm³/mol. The Kier molecular flexibility index (Phi) is 7.10. The maximum Gasteiger partial charge on any atom is 0.274 e. The van der Waals surface area contributed by atoms with Crippen molar-refractivity contribution in [2.75, 3.05) is 24.5 Å². The molecule has 0 saturated carbocycles. The van der Waals surface area contributed by atoms with Crippen LogP contribution >= 0.6 is 12.4 Å². The van der Waals surface area contributed by atoms with Crippen LogP contribution in [-0.4, -0.2) is 52.5 Å². The minimum absolute atomic E-state index is 0. The molecule has 30 heavy (non-hydrogen) atoms. The summed E-state index contributed by atoms with van der Waals surface area (Å²) in [6.45, 7) is 6.44. The van der Waals surface area contributed by atoms with Crippen molar-refractivity contribution in [3.8, 4) is 0 Å². The molecule has 4 rings (SSSR count). The monoisotopic (exact) mass is 432 g/mol. The molecule has 2 N–H and O–H groups in total. The normalized spacial score (nSPS) is 20.0. The largest absolute Gasteiger partial charge is 0.339 e. The molecule has 2 fully saturated rings. The molecule has 2 amide bonds. The number of piperidine rings is 2. The third kappa shape index (κ3) is 4.49. The molecule has 1 atom stereocenters.